The van der Waals surface area contributed by atoms with Gasteiger partial charge in [0.05, 0.1) is 18.5 Å². The van der Waals surface area contributed by atoms with E-state index in [2.05, 4.69) is 49.8 Å². The molecule has 108 valence electrons. The zero-order chi connectivity index (χ0) is 14.5. The highest BCUT2D eigenvalue weighted by Gasteiger charge is 2.12. The van der Waals surface area contributed by atoms with Gasteiger partial charge in [0.1, 0.15) is 0 Å². The van der Waals surface area contributed by atoms with E-state index in [0.717, 1.165) is 35.2 Å². The number of hydrogen-bond acceptors (Lipinski definition) is 6. The zero-order valence-electron chi connectivity index (χ0n) is 11.7. The highest BCUT2D eigenvalue weighted by molar-refractivity contribution is 7.99. The summed E-state index contributed by atoms with van der Waals surface area (Å²) in [4.78, 5) is 8.75. The van der Waals surface area contributed by atoms with Crippen LogP contribution in [0.3, 0.4) is 0 Å². The molecule has 0 atom stereocenters. The summed E-state index contributed by atoms with van der Waals surface area (Å²) in [6.45, 7) is 2.85. The molecule has 0 unspecified atom stereocenters. The molecule has 21 heavy (non-hydrogen) atoms. The van der Waals surface area contributed by atoms with Gasteiger partial charge in [-0.2, -0.15) is 10.1 Å². The summed E-state index contributed by atoms with van der Waals surface area (Å²) in [5.74, 6) is 1.55. The van der Waals surface area contributed by atoms with Gasteiger partial charge in [0.2, 0.25) is 11.1 Å². The lowest BCUT2D eigenvalue weighted by atomic mass is 10.1. The number of H-pyrrole nitrogens is 1. The number of benzene rings is 1. The minimum absolute atomic E-state index is 0.539. The largest absolute Gasteiger partial charge is 0.278 e. The van der Waals surface area contributed by atoms with Gasteiger partial charge in [0.15, 0.2) is 0 Å². The molecule has 0 amide bonds. The Morgan fingerprint density at radius 2 is 2.33 bits per heavy atom. The van der Waals surface area contributed by atoms with Crippen molar-refractivity contribution < 1.29 is 0 Å². The van der Waals surface area contributed by atoms with E-state index in [1.54, 1.807) is 18.0 Å². The van der Waals surface area contributed by atoms with Crippen molar-refractivity contribution in [3.8, 4) is 0 Å². The van der Waals surface area contributed by atoms with Gasteiger partial charge in [-0.1, -0.05) is 43.0 Å². The van der Waals surface area contributed by atoms with Gasteiger partial charge in [-0.3, -0.25) is 4.99 Å². The van der Waals surface area contributed by atoms with E-state index in [0.29, 0.717) is 5.95 Å². The number of anilines is 1. The number of hydrogen-bond donors (Lipinski definition) is 2. The summed E-state index contributed by atoms with van der Waals surface area (Å²) >= 11 is 1.62. The lowest BCUT2D eigenvalue weighted by molar-refractivity contribution is 0.968. The molecular weight excluding hydrogens is 284 g/mol. The smallest absolute Gasteiger partial charge is 0.240 e. The molecule has 2 N–H and O–H groups in total. The van der Waals surface area contributed by atoms with Gasteiger partial charge in [-0.05, 0) is 12.0 Å². The lowest BCUT2D eigenvalue weighted by Gasteiger charge is -1.97. The average Bonchev–Trinajstić information content (AvgIpc) is 3.13. The van der Waals surface area contributed by atoms with Gasteiger partial charge in [-0.15, -0.1) is 5.10 Å². The molecule has 3 rings (SSSR count). The van der Waals surface area contributed by atoms with Crippen LogP contribution in [0, 0.1) is 0 Å². The zero-order valence-corrected chi connectivity index (χ0v) is 12.5. The molecule has 0 spiro atoms. The van der Waals surface area contributed by atoms with Crippen LogP contribution >= 0.6 is 11.8 Å². The molecular formula is C14H16N6S. The summed E-state index contributed by atoms with van der Waals surface area (Å²) in [6.07, 6.45) is 2.81. The fraction of sp³-hybridized carbons (Fsp3) is 0.286. The third-order valence-corrected chi connectivity index (χ3v) is 4.02. The van der Waals surface area contributed by atoms with Gasteiger partial charge < -0.3 is 0 Å². The van der Waals surface area contributed by atoms with Crippen molar-refractivity contribution in [2.24, 2.45) is 10.1 Å². The van der Waals surface area contributed by atoms with Crippen LogP contribution in [0.25, 0.3) is 0 Å². The van der Waals surface area contributed by atoms with E-state index >= 15 is 0 Å². The summed E-state index contributed by atoms with van der Waals surface area (Å²) in [7, 11) is 0. The van der Waals surface area contributed by atoms with E-state index in [1.165, 1.54) is 5.56 Å². The monoisotopic (exact) mass is 300 g/mol. The topological polar surface area (TPSA) is 78.3 Å². The summed E-state index contributed by atoms with van der Waals surface area (Å²) in [6, 6.07) is 8.17. The molecule has 0 saturated carbocycles. The minimum atomic E-state index is 0.539. The van der Waals surface area contributed by atoms with Gasteiger partial charge in [0, 0.05) is 11.3 Å². The molecule has 0 bridgehead atoms. The highest BCUT2D eigenvalue weighted by Crippen LogP contribution is 2.17. The summed E-state index contributed by atoms with van der Waals surface area (Å²) < 4.78 is 0. The Hall–Kier alpha value is -2.15. The van der Waals surface area contributed by atoms with Crippen molar-refractivity contribution in [2.75, 3.05) is 11.2 Å². The molecule has 1 aliphatic heterocycles. The van der Waals surface area contributed by atoms with Crippen molar-refractivity contribution in [3.05, 3.63) is 35.4 Å². The molecule has 0 fully saturated rings. The molecule has 1 aliphatic rings. The van der Waals surface area contributed by atoms with Crippen LogP contribution in [0.4, 0.5) is 5.95 Å². The molecule has 0 saturated heterocycles. The number of thioether (sulfide) groups is 1. The van der Waals surface area contributed by atoms with Crippen LogP contribution < -0.4 is 5.43 Å². The second-order valence-corrected chi connectivity index (χ2v) is 5.61. The van der Waals surface area contributed by atoms with Crippen molar-refractivity contribution in [1.29, 1.82) is 0 Å². The molecule has 2 heterocycles. The average molecular weight is 300 g/mol. The quantitative estimate of drug-likeness (QED) is 0.488. The van der Waals surface area contributed by atoms with Crippen LogP contribution in [-0.2, 0) is 6.54 Å². The van der Waals surface area contributed by atoms with Crippen molar-refractivity contribution >= 4 is 29.6 Å². The third-order valence-electron chi connectivity index (χ3n) is 2.97. The standard InChI is InChI=1S/C14H16N6S/c1-2-7-21-14-17-13(19-20-14)18-16-9-12-11-6-4-3-5-10(11)8-15-12/h3-6,9H,2,7-8H2,1H3,(H2,17,18,19,20)/b16-9+. The second kappa shape index (κ2) is 6.53. The number of nitrogens with zero attached hydrogens (tertiary/aromatic N) is 4. The van der Waals surface area contributed by atoms with Gasteiger partial charge in [0.25, 0.3) is 0 Å². The Kier molecular flexibility index (Phi) is 4.30. The van der Waals surface area contributed by atoms with Crippen molar-refractivity contribution in [3.63, 3.8) is 0 Å². The highest BCUT2D eigenvalue weighted by atomic mass is 32.2. The Bertz CT molecular complexity index is 676. The minimum Gasteiger partial charge on any atom is -0.278 e. The number of hydrazone groups is 1. The maximum absolute atomic E-state index is 4.46. The first-order chi connectivity index (χ1) is 10.4. The fourth-order valence-electron chi connectivity index (χ4n) is 1.98. The number of nitrogens with one attached hydrogen (secondary N) is 2. The van der Waals surface area contributed by atoms with Gasteiger partial charge >= 0.3 is 0 Å². The van der Waals surface area contributed by atoms with Crippen LogP contribution in [0.5, 0.6) is 0 Å². The maximum Gasteiger partial charge on any atom is 0.240 e. The molecule has 7 heteroatoms. The van der Waals surface area contributed by atoms with Crippen LogP contribution in [0.1, 0.15) is 24.5 Å². The van der Waals surface area contributed by atoms with Crippen molar-refractivity contribution in [1.82, 2.24) is 15.2 Å². The van der Waals surface area contributed by atoms with Crippen LogP contribution in [0.2, 0.25) is 0 Å². The normalized spacial score (nSPS) is 13.5. The Morgan fingerprint density at radius 3 is 3.24 bits per heavy atom. The molecule has 1 aromatic carbocycles. The number of fused-ring (bicyclic) bond motifs is 1. The maximum atomic E-state index is 4.46. The predicted molar refractivity (Wildman–Crippen MR) is 86.2 cm³/mol. The molecule has 0 radical (unpaired) electrons. The van der Waals surface area contributed by atoms with Gasteiger partial charge in [-0.25, -0.2) is 10.5 Å². The van der Waals surface area contributed by atoms with E-state index in [1.807, 2.05) is 12.1 Å². The van der Waals surface area contributed by atoms with E-state index in [-0.39, 0.29) is 0 Å². The summed E-state index contributed by atoms with van der Waals surface area (Å²) in [5.41, 5.74) is 6.10. The van der Waals surface area contributed by atoms with Crippen LogP contribution in [-0.4, -0.2) is 32.9 Å². The Balaban J connectivity index is 1.59. The number of aliphatic imine (C=N–C) groups is 1. The third kappa shape index (κ3) is 3.30. The first-order valence-electron chi connectivity index (χ1n) is 6.84. The first kappa shape index (κ1) is 13.8. The SMILES string of the molecule is CCCSc1n[nH]c(N/N=C/C2=NCc3ccccc32)n1. The summed E-state index contributed by atoms with van der Waals surface area (Å²) in [5, 5.41) is 11.8. The van der Waals surface area contributed by atoms with Crippen molar-refractivity contribution in [2.45, 2.75) is 25.0 Å². The molecule has 2 aromatic rings. The van der Waals surface area contributed by atoms with E-state index in [4.69, 9.17) is 0 Å². The van der Waals surface area contributed by atoms with E-state index < -0.39 is 0 Å². The Labute approximate surface area is 127 Å². The molecule has 0 aliphatic carbocycles. The van der Waals surface area contributed by atoms with E-state index in [9.17, 15) is 0 Å². The number of aromatic amines is 1. The van der Waals surface area contributed by atoms with Crippen LogP contribution in [0.15, 0.2) is 39.5 Å². The lowest BCUT2D eigenvalue weighted by Crippen LogP contribution is -2.02. The second-order valence-electron chi connectivity index (χ2n) is 4.54. The Morgan fingerprint density at radius 1 is 1.43 bits per heavy atom. The fourth-order valence-corrected chi connectivity index (χ4v) is 2.64. The molecule has 6 nitrogen and oxygen atoms in total. The predicted octanol–water partition coefficient (Wildman–Crippen LogP) is 2.71. The number of rotatable bonds is 6. The first-order valence-corrected chi connectivity index (χ1v) is 7.82. The molecule has 1 aromatic heterocycles. The number of aromatic nitrogens is 3.